The Labute approximate surface area is 133 Å². The molecule has 0 radical (unpaired) electrons. The highest BCUT2D eigenvalue weighted by Gasteiger charge is 2.38. The van der Waals surface area contributed by atoms with Crippen LogP contribution in [0.2, 0.25) is 10.0 Å². The predicted octanol–water partition coefficient (Wildman–Crippen LogP) is 5.86. The van der Waals surface area contributed by atoms with Gasteiger partial charge in [0.25, 0.3) is 0 Å². The Balaban J connectivity index is 2.37. The molecule has 112 valence electrons. The van der Waals surface area contributed by atoms with Gasteiger partial charge in [-0.3, -0.25) is 0 Å². The fourth-order valence-corrected chi connectivity index (χ4v) is 4.00. The van der Waals surface area contributed by atoms with Crippen LogP contribution >= 0.6 is 23.2 Å². The van der Waals surface area contributed by atoms with Gasteiger partial charge in [-0.25, -0.2) is 0 Å². The molecule has 0 bridgehead atoms. The molecule has 0 aliphatic heterocycles. The van der Waals surface area contributed by atoms with E-state index in [0.717, 1.165) is 22.2 Å². The fraction of sp³-hybridized carbons (Fsp3) is 0.647. The van der Waals surface area contributed by atoms with Crippen molar-refractivity contribution in [2.75, 3.05) is 6.54 Å². The molecule has 0 saturated heterocycles. The zero-order valence-electron chi connectivity index (χ0n) is 12.7. The zero-order chi connectivity index (χ0) is 14.8. The van der Waals surface area contributed by atoms with E-state index in [-0.39, 0.29) is 0 Å². The maximum Gasteiger partial charge on any atom is 0.0454 e. The van der Waals surface area contributed by atoms with E-state index in [2.05, 4.69) is 26.1 Å². The molecule has 2 unspecified atom stereocenters. The second-order valence-electron chi connectivity index (χ2n) is 6.54. The lowest BCUT2D eigenvalue weighted by atomic mass is 9.65. The van der Waals surface area contributed by atoms with Crippen molar-refractivity contribution in [2.45, 2.75) is 52.5 Å². The second-order valence-corrected chi connectivity index (χ2v) is 7.39. The molecule has 0 heterocycles. The quantitative estimate of drug-likeness (QED) is 0.734. The maximum atomic E-state index is 6.44. The van der Waals surface area contributed by atoms with E-state index in [1.54, 1.807) is 0 Å². The molecule has 0 amide bonds. The van der Waals surface area contributed by atoms with Gasteiger partial charge in [0.1, 0.15) is 0 Å². The summed E-state index contributed by atoms with van der Waals surface area (Å²) in [5.74, 6) is 0.604. The normalized spacial score (nSPS) is 23.6. The molecular formula is C17H25Cl2N. The van der Waals surface area contributed by atoms with Crippen LogP contribution in [0.1, 0.15) is 58.1 Å². The summed E-state index contributed by atoms with van der Waals surface area (Å²) in [5.41, 5.74) is 1.50. The van der Waals surface area contributed by atoms with Crippen LogP contribution in [0, 0.1) is 11.3 Å². The van der Waals surface area contributed by atoms with Crippen molar-refractivity contribution in [3.8, 4) is 0 Å². The minimum absolute atomic E-state index is 0.293. The molecule has 2 rings (SSSR count). The monoisotopic (exact) mass is 313 g/mol. The molecule has 20 heavy (non-hydrogen) atoms. The lowest BCUT2D eigenvalue weighted by molar-refractivity contribution is 0.0989. The van der Waals surface area contributed by atoms with Gasteiger partial charge >= 0.3 is 0 Å². The number of hydrogen-bond donors (Lipinski definition) is 1. The van der Waals surface area contributed by atoms with E-state index in [4.69, 9.17) is 23.2 Å². The lowest BCUT2D eigenvalue weighted by Gasteiger charge is -2.44. The molecule has 0 spiro atoms. The summed E-state index contributed by atoms with van der Waals surface area (Å²) in [7, 11) is 0. The smallest absolute Gasteiger partial charge is 0.0454 e. The number of halogens is 2. The van der Waals surface area contributed by atoms with E-state index in [1.165, 1.54) is 25.7 Å². The fourth-order valence-electron chi connectivity index (χ4n) is 3.58. The Morgan fingerprint density at radius 2 is 2.05 bits per heavy atom. The molecule has 1 saturated carbocycles. The Morgan fingerprint density at radius 1 is 1.30 bits per heavy atom. The van der Waals surface area contributed by atoms with Gasteiger partial charge in [0.2, 0.25) is 0 Å². The largest absolute Gasteiger partial charge is 0.310 e. The van der Waals surface area contributed by atoms with Gasteiger partial charge in [0, 0.05) is 16.1 Å². The summed E-state index contributed by atoms with van der Waals surface area (Å²) < 4.78 is 0. The third kappa shape index (κ3) is 3.50. The first-order valence-corrected chi connectivity index (χ1v) is 8.39. The van der Waals surface area contributed by atoms with Crippen molar-refractivity contribution in [1.29, 1.82) is 0 Å². The van der Waals surface area contributed by atoms with E-state index in [0.29, 0.717) is 17.4 Å². The third-order valence-corrected chi connectivity index (χ3v) is 5.29. The van der Waals surface area contributed by atoms with Gasteiger partial charge in [-0.1, -0.05) is 56.8 Å². The Bertz CT molecular complexity index is 456. The Kier molecular flexibility index (Phi) is 5.39. The molecule has 0 aromatic heterocycles. The van der Waals surface area contributed by atoms with Gasteiger partial charge in [-0.05, 0) is 54.5 Å². The molecular weight excluding hydrogens is 289 g/mol. The average molecular weight is 314 g/mol. The summed E-state index contributed by atoms with van der Waals surface area (Å²) in [5, 5.41) is 5.23. The molecule has 1 fully saturated rings. The van der Waals surface area contributed by atoms with Crippen LogP contribution < -0.4 is 5.32 Å². The van der Waals surface area contributed by atoms with Crippen LogP contribution in [0.15, 0.2) is 18.2 Å². The van der Waals surface area contributed by atoms with Crippen molar-refractivity contribution in [2.24, 2.45) is 11.3 Å². The van der Waals surface area contributed by atoms with Crippen LogP contribution in [0.5, 0.6) is 0 Å². The minimum atomic E-state index is 0.293. The SMILES string of the molecule is CCNC(c1cc(Cl)ccc1Cl)C1CCCCC1(C)C. The molecule has 2 atom stereocenters. The highest BCUT2D eigenvalue weighted by molar-refractivity contribution is 6.33. The summed E-state index contributed by atoms with van der Waals surface area (Å²) in [6, 6.07) is 6.10. The van der Waals surface area contributed by atoms with E-state index in [9.17, 15) is 0 Å². The van der Waals surface area contributed by atoms with Crippen LogP contribution in [0.25, 0.3) is 0 Å². The second kappa shape index (κ2) is 6.68. The average Bonchev–Trinajstić information content (AvgIpc) is 2.39. The summed E-state index contributed by atoms with van der Waals surface area (Å²) in [6.45, 7) is 7.88. The standard InChI is InChI=1S/C17H25Cl2N/c1-4-20-16(13-11-12(18)8-9-15(13)19)14-7-5-6-10-17(14,2)3/h8-9,11,14,16,20H,4-7,10H2,1-3H3. The van der Waals surface area contributed by atoms with Crippen LogP contribution in [0.4, 0.5) is 0 Å². The van der Waals surface area contributed by atoms with Crippen LogP contribution in [0.3, 0.4) is 0 Å². The van der Waals surface area contributed by atoms with Crippen LogP contribution in [-0.4, -0.2) is 6.54 Å². The first-order chi connectivity index (χ1) is 9.45. The summed E-state index contributed by atoms with van der Waals surface area (Å²) >= 11 is 12.6. The molecule has 1 aromatic carbocycles. The summed E-state index contributed by atoms with van der Waals surface area (Å²) in [4.78, 5) is 0. The number of benzene rings is 1. The molecule has 1 aromatic rings. The summed E-state index contributed by atoms with van der Waals surface area (Å²) in [6.07, 6.45) is 5.20. The first-order valence-electron chi connectivity index (χ1n) is 7.64. The first kappa shape index (κ1) is 16.1. The van der Waals surface area contributed by atoms with E-state index in [1.807, 2.05) is 18.2 Å². The predicted molar refractivity (Wildman–Crippen MR) is 88.6 cm³/mol. The number of nitrogens with one attached hydrogen (secondary N) is 1. The van der Waals surface area contributed by atoms with Crippen LogP contribution in [-0.2, 0) is 0 Å². The van der Waals surface area contributed by atoms with Gasteiger partial charge in [0.15, 0.2) is 0 Å². The highest BCUT2D eigenvalue weighted by Crippen LogP contribution is 2.48. The number of hydrogen-bond acceptors (Lipinski definition) is 1. The molecule has 1 aliphatic rings. The number of rotatable bonds is 4. The van der Waals surface area contributed by atoms with Crippen molar-refractivity contribution >= 4 is 23.2 Å². The Morgan fingerprint density at radius 3 is 2.70 bits per heavy atom. The molecule has 1 N–H and O–H groups in total. The van der Waals surface area contributed by atoms with E-state index >= 15 is 0 Å². The zero-order valence-corrected chi connectivity index (χ0v) is 14.2. The topological polar surface area (TPSA) is 12.0 Å². The lowest BCUT2D eigenvalue weighted by Crippen LogP contribution is -2.39. The maximum absolute atomic E-state index is 6.44. The van der Waals surface area contributed by atoms with Crippen molar-refractivity contribution in [3.63, 3.8) is 0 Å². The van der Waals surface area contributed by atoms with Crippen molar-refractivity contribution in [3.05, 3.63) is 33.8 Å². The van der Waals surface area contributed by atoms with Gasteiger partial charge in [-0.15, -0.1) is 0 Å². The minimum Gasteiger partial charge on any atom is -0.310 e. The van der Waals surface area contributed by atoms with Crippen molar-refractivity contribution in [1.82, 2.24) is 5.32 Å². The van der Waals surface area contributed by atoms with Gasteiger partial charge in [-0.2, -0.15) is 0 Å². The van der Waals surface area contributed by atoms with Gasteiger partial charge < -0.3 is 5.32 Å². The van der Waals surface area contributed by atoms with E-state index < -0.39 is 0 Å². The van der Waals surface area contributed by atoms with Crippen molar-refractivity contribution < 1.29 is 0 Å². The highest BCUT2D eigenvalue weighted by atomic mass is 35.5. The molecule has 1 nitrogen and oxygen atoms in total. The Hall–Kier alpha value is -0.240. The van der Waals surface area contributed by atoms with Gasteiger partial charge in [0.05, 0.1) is 0 Å². The molecule has 1 aliphatic carbocycles. The molecule has 3 heteroatoms. The third-order valence-electron chi connectivity index (χ3n) is 4.71.